The first-order valence-corrected chi connectivity index (χ1v) is 13.4. The first-order valence-electron chi connectivity index (χ1n) is 12.6. The molecule has 1 aliphatic rings. The monoisotopic (exact) mass is 610 g/mol. The van der Waals surface area contributed by atoms with Crippen molar-refractivity contribution in [1.29, 1.82) is 0 Å². The number of nitrogens with zero attached hydrogens (tertiary/aromatic N) is 4. The number of rotatable bonds is 13. The first-order chi connectivity index (χ1) is 19.5. The number of carbonyl (C=O) groups excluding carboxylic acids is 1. The lowest BCUT2D eigenvalue weighted by molar-refractivity contribution is -0.130. The fraction of sp³-hybridized carbons (Fsp3) is 0.286. The number of aliphatic hydroxyl groups is 1. The predicted octanol–water partition coefficient (Wildman–Crippen LogP) is 5.24. The van der Waals surface area contributed by atoms with Gasteiger partial charge in [0.25, 0.3) is 5.91 Å². The van der Waals surface area contributed by atoms with Gasteiger partial charge in [0.1, 0.15) is 12.4 Å². The van der Waals surface area contributed by atoms with E-state index in [-0.39, 0.29) is 25.5 Å². The fourth-order valence-electron chi connectivity index (χ4n) is 4.31. The molecule has 4 rings (SSSR count). The Hall–Kier alpha value is -3.96. The topological polar surface area (TPSA) is 141 Å². The number of halogens is 2. The summed E-state index contributed by atoms with van der Waals surface area (Å²) in [6, 6.07) is 21.3. The van der Waals surface area contributed by atoms with Crippen LogP contribution in [0.1, 0.15) is 29.2 Å². The highest BCUT2D eigenvalue weighted by atomic mass is 79.9. The van der Waals surface area contributed by atoms with Crippen molar-refractivity contribution in [2.24, 2.45) is 10.1 Å². The molecule has 3 aromatic rings. The van der Waals surface area contributed by atoms with Gasteiger partial charge in [0.15, 0.2) is 11.6 Å². The molecule has 0 aliphatic carbocycles. The Bertz CT molecular complexity index is 1380. The Kier molecular flexibility index (Phi) is 10.1. The number of nitrogens with one attached hydrogen (secondary N) is 2. The summed E-state index contributed by atoms with van der Waals surface area (Å²) in [5.74, 6) is 0.309. The minimum Gasteiger partial charge on any atom is -0.494 e. The van der Waals surface area contributed by atoms with Crippen LogP contribution in [0, 0.1) is 0 Å². The van der Waals surface area contributed by atoms with Gasteiger partial charge in [-0.3, -0.25) is 10.2 Å². The van der Waals surface area contributed by atoms with E-state index >= 15 is 0 Å². The van der Waals surface area contributed by atoms with Gasteiger partial charge in [0, 0.05) is 46.6 Å². The van der Waals surface area contributed by atoms with Crippen LogP contribution in [0.3, 0.4) is 0 Å². The standard InChI is InChI=1S/C28H28BrFN6O4/c29-22-10-6-19(7-11-22)25-28(27(38)35-32-15-14-30,18-21-4-1-2-5-24(21)34-36-31)33-26(40-25)20-8-12-23(13-9-20)39-17-3-16-37/h1-2,4-13,25,32,37H,3,14-18H2,(H,35,38)/t25-,28-/m0/s1. The smallest absolute Gasteiger partial charge is 0.266 e. The van der Waals surface area contributed by atoms with Gasteiger partial charge in [-0.15, -0.1) is 0 Å². The zero-order valence-corrected chi connectivity index (χ0v) is 23.1. The van der Waals surface area contributed by atoms with Gasteiger partial charge in [0.05, 0.1) is 6.61 Å². The number of amides is 1. The third kappa shape index (κ3) is 6.78. The molecule has 1 aliphatic heterocycles. The van der Waals surface area contributed by atoms with E-state index in [0.29, 0.717) is 41.2 Å². The van der Waals surface area contributed by atoms with E-state index in [0.717, 1.165) is 4.47 Å². The highest BCUT2D eigenvalue weighted by molar-refractivity contribution is 9.10. The zero-order valence-electron chi connectivity index (χ0n) is 21.5. The minimum absolute atomic E-state index is 0.0257. The lowest BCUT2D eigenvalue weighted by atomic mass is 9.81. The Balaban J connectivity index is 1.80. The normalized spacial score (nSPS) is 17.9. The quantitative estimate of drug-likeness (QED) is 0.0797. The summed E-state index contributed by atoms with van der Waals surface area (Å²) in [6.07, 6.45) is -0.335. The van der Waals surface area contributed by atoms with Crippen LogP contribution >= 0.6 is 15.9 Å². The Morgan fingerprint density at radius 1 is 1.18 bits per heavy atom. The Morgan fingerprint density at radius 2 is 1.93 bits per heavy atom. The molecule has 0 saturated carbocycles. The van der Waals surface area contributed by atoms with E-state index in [1.54, 1.807) is 48.5 Å². The van der Waals surface area contributed by atoms with E-state index in [9.17, 15) is 9.18 Å². The number of benzene rings is 3. The second-order valence-corrected chi connectivity index (χ2v) is 9.82. The molecule has 3 N–H and O–H groups in total. The summed E-state index contributed by atoms with van der Waals surface area (Å²) in [4.78, 5) is 21.7. The van der Waals surface area contributed by atoms with Gasteiger partial charge in [-0.05, 0) is 53.1 Å². The molecule has 0 saturated heterocycles. The molecule has 2 atom stereocenters. The maximum atomic E-state index is 13.9. The largest absolute Gasteiger partial charge is 0.494 e. The van der Waals surface area contributed by atoms with Crippen molar-refractivity contribution in [2.45, 2.75) is 24.5 Å². The molecule has 1 heterocycles. The van der Waals surface area contributed by atoms with Crippen molar-refractivity contribution >= 4 is 33.4 Å². The van der Waals surface area contributed by atoms with Crippen LogP contribution in [0.15, 0.2) is 87.4 Å². The third-order valence-electron chi connectivity index (χ3n) is 6.23. The molecular weight excluding hydrogens is 583 g/mol. The lowest BCUT2D eigenvalue weighted by Gasteiger charge is -2.31. The Labute approximate surface area is 239 Å². The SMILES string of the molecule is [N-]=[N+]=Nc1ccccc1C[C@]1(C(=O)NNCCF)N=C(c2ccc(OCCCO)cc2)O[C@H]1c1ccc(Br)cc1. The number of azide groups is 1. The molecule has 0 spiro atoms. The van der Waals surface area contributed by atoms with Gasteiger partial charge in [-0.2, -0.15) is 0 Å². The molecule has 0 unspecified atom stereocenters. The molecule has 40 heavy (non-hydrogen) atoms. The highest BCUT2D eigenvalue weighted by Gasteiger charge is 2.53. The number of carbonyl (C=O) groups is 1. The molecule has 0 aromatic heterocycles. The number of aliphatic hydroxyl groups excluding tert-OH is 1. The van der Waals surface area contributed by atoms with E-state index in [2.05, 4.69) is 36.8 Å². The first kappa shape index (κ1) is 29.0. The number of alkyl halides is 1. The van der Waals surface area contributed by atoms with Crippen molar-refractivity contribution in [1.82, 2.24) is 10.9 Å². The maximum Gasteiger partial charge on any atom is 0.266 e. The average molecular weight is 611 g/mol. The van der Waals surface area contributed by atoms with Crippen LogP contribution in [-0.4, -0.2) is 48.9 Å². The second-order valence-electron chi connectivity index (χ2n) is 8.91. The average Bonchev–Trinajstić information content (AvgIpc) is 3.35. The van der Waals surface area contributed by atoms with Gasteiger partial charge in [0.2, 0.25) is 5.90 Å². The molecule has 3 aromatic carbocycles. The van der Waals surface area contributed by atoms with Crippen LogP contribution in [0.25, 0.3) is 10.4 Å². The Morgan fingerprint density at radius 3 is 2.62 bits per heavy atom. The summed E-state index contributed by atoms with van der Waals surface area (Å²) >= 11 is 3.45. The molecule has 0 bridgehead atoms. The second kappa shape index (κ2) is 13.9. The summed E-state index contributed by atoms with van der Waals surface area (Å²) in [6.45, 7) is -0.359. The number of ether oxygens (including phenoxy) is 2. The predicted molar refractivity (Wildman–Crippen MR) is 152 cm³/mol. The van der Waals surface area contributed by atoms with Crippen molar-refractivity contribution in [2.75, 3.05) is 26.4 Å². The maximum absolute atomic E-state index is 13.9. The van der Waals surface area contributed by atoms with E-state index in [1.807, 2.05) is 24.3 Å². The lowest BCUT2D eigenvalue weighted by Crippen LogP contribution is -2.54. The summed E-state index contributed by atoms with van der Waals surface area (Å²) in [5, 5.41) is 12.8. The van der Waals surface area contributed by atoms with Gasteiger partial charge < -0.3 is 14.6 Å². The molecule has 208 valence electrons. The van der Waals surface area contributed by atoms with Crippen LogP contribution in [-0.2, 0) is 16.0 Å². The summed E-state index contributed by atoms with van der Waals surface area (Å²) < 4.78 is 25.8. The van der Waals surface area contributed by atoms with Gasteiger partial charge in [-0.25, -0.2) is 14.8 Å². The van der Waals surface area contributed by atoms with Crippen molar-refractivity contribution in [3.05, 3.63) is 104 Å². The van der Waals surface area contributed by atoms with Crippen LogP contribution in [0.5, 0.6) is 5.75 Å². The van der Waals surface area contributed by atoms with Crippen LogP contribution < -0.4 is 15.6 Å². The van der Waals surface area contributed by atoms with Crippen molar-refractivity contribution < 1.29 is 23.8 Å². The number of hydrazine groups is 1. The molecular formula is C28H28BrFN6O4. The minimum atomic E-state index is -1.55. The third-order valence-corrected chi connectivity index (χ3v) is 6.76. The zero-order chi connectivity index (χ0) is 28.4. The molecule has 0 fully saturated rings. The van der Waals surface area contributed by atoms with Gasteiger partial charge >= 0.3 is 0 Å². The summed E-state index contributed by atoms with van der Waals surface area (Å²) in [7, 11) is 0. The summed E-state index contributed by atoms with van der Waals surface area (Å²) in [5.41, 5.74) is 15.0. The fourth-order valence-corrected chi connectivity index (χ4v) is 4.58. The van der Waals surface area contributed by atoms with E-state index in [4.69, 9.17) is 25.1 Å². The van der Waals surface area contributed by atoms with E-state index < -0.39 is 24.2 Å². The number of aliphatic imine (C=N–C) groups is 1. The molecule has 0 radical (unpaired) electrons. The van der Waals surface area contributed by atoms with Crippen molar-refractivity contribution in [3.8, 4) is 5.75 Å². The van der Waals surface area contributed by atoms with Gasteiger partial charge in [-0.1, -0.05) is 57.4 Å². The number of hydrogen-bond acceptors (Lipinski definition) is 7. The van der Waals surface area contributed by atoms with E-state index in [1.165, 1.54) is 0 Å². The van der Waals surface area contributed by atoms with Crippen LogP contribution in [0.2, 0.25) is 0 Å². The number of hydrogen-bond donors (Lipinski definition) is 3. The van der Waals surface area contributed by atoms with Crippen LogP contribution in [0.4, 0.5) is 10.1 Å². The molecule has 12 heteroatoms. The highest BCUT2D eigenvalue weighted by Crippen LogP contribution is 2.43. The molecule has 1 amide bonds. The molecule has 10 nitrogen and oxygen atoms in total. The van der Waals surface area contributed by atoms with Crippen molar-refractivity contribution in [3.63, 3.8) is 0 Å².